The number of unbranched alkanes of at least 4 members (excludes halogenated alkanes) is 1. The maximum atomic E-state index is 2.46. The van der Waals surface area contributed by atoms with Crippen molar-refractivity contribution in [2.75, 3.05) is 0 Å². The SMILES string of the molecule is CCCCC(C)B(C)CC1=C(C)CCCC1(C)C. The second kappa shape index (κ2) is 6.82. The fourth-order valence-electron chi connectivity index (χ4n) is 3.46. The lowest BCUT2D eigenvalue weighted by Crippen LogP contribution is -2.25. The van der Waals surface area contributed by atoms with Crippen LogP contribution < -0.4 is 0 Å². The second-order valence-corrected chi connectivity index (χ2v) is 7.30. The van der Waals surface area contributed by atoms with Crippen LogP contribution >= 0.6 is 0 Å². The normalized spacial score (nSPS) is 21.0. The molecule has 0 aromatic rings. The molecule has 0 saturated heterocycles. The molecule has 0 fully saturated rings. The van der Waals surface area contributed by atoms with Gasteiger partial charge in [0.1, 0.15) is 6.71 Å². The van der Waals surface area contributed by atoms with E-state index in [1.807, 2.05) is 0 Å². The van der Waals surface area contributed by atoms with Gasteiger partial charge in [-0.3, -0.25) is 0 Å². The molecule has 0 aliphatic heterocycles. The van der Waals surface area contributed by atoms with Crippen molar-refractivity contribution in [3.8, 4) is 0 Å². The quantitative estimate of drug-likeness (QED) is 0.386. The van der Waals surface area contributed by atoms with E-state index in [1.54, 1.807) is 11.1 Å². The molecule has 1 aliphatic rings. The van der Waals surface area contributed by atoms with Gasteiger partial charge in [-0.25, -0.2) is 0 Å². The van der Waals surface area contributed by atoms with Crippen molar-refractivity contribution < 1.29 is 0 Å². The first-order valence-electron chi connectivity index (χ1n) is 8.07. The molecule has 0 bridgehead atoms. The summed E-state index contributed by atoms with van der Waals surface area (Å²) in [6, 6.07) is 0. The van der Waals surface area contributed by atoms with Crippen molar-refractivity contribution in [2.24, 2.45) is 5.41 Å². The van der Waals surface area contributed by atoms with Crippen molar-refractivity contribution in [2.45, 2.75) is 92.1 Å². The number of allylic oxidation sites excluding steroid dienone is 2. The minimum atomic E-state index is 0.459. The standard InChI is InChI=1S/C17H33B/c1-7-8-11-15(3)18(6)13-16-14(2)10-9-12-17(16,4)5/h15H,7-13H2,1-6H3. The lowest BCUT2D eigenvalue weighted by atomic mass is 9.38. The van der Waals surface area contributed by atoms with Crippen LogP contribution in [0.5, 0.6) is 0 Å². The van der Waals surface area contributed by atoms with Crippen molar-refractivity contribution in [3.63, 3.8) is 0 Å². The maximum absolute atomic E-state index is 2.46. The van der Waals surface area contributed by atoms with Gasteiger partial charge in [-0.05, 0) is 31.6 Å². The lowest BCUT2D eigenvalue weighted by Gasteiger charge is -2.36. The zero-order valence-electron chi connectivity index (χ0n) is 13.6. The zero-order valence-corrected chi connectivity index (χ0v) is 13.6. The summed E-state index contributed by atoms with van der Waals surface area (Å²) in [6.07, 6.45) is 9.60. The van der Waals surface area contributed by atoms with E-state index < -0.39 is 0 Å². The van der Waals surface area contributed by atoms with Crippen LogP contribution in [0.15, 0.2) is 11.1 Å². The first-order chi connectivity index (χ1) is 8.38. The van der Waals surface area contributed by atoms with Crippen LogP contribution in [-0.2, 0) is 0 Å². The van der Waals surface area contributed by atoms with Gasteiger partial charge in [0.2, 0.25) is 0 Å². The van der Waals surface area contributed by atoms with Crippen LogP contribution in [-0.4, -0.2) is 6.71 Å². The summed E-state index contributed by atoms with van der Waals surface area (Å²) in [5.74, 6) is 0.878. The molecule has 0 spiro atoms. The third kappa shape index (κ3) is 4.18. The fraction of sp³-hybridized carbons (Fsp3) is 0.882. The minimum absolute atomic E-state index is 0.459. The minimum Gasteiger partial charge on any atom is -0.0856 e. The Morgan fingerprint density at radius 1 is 1.33 bits per heavy atom. The van der Waals surface area contributed by atoms with Crippen molar-refractivity contribution >= 4 is 6.71 Å². The largest absolute Gasteiger partial charge is 0.143 e. The highest BCUT2D eigenvalue weighted by atomic mass is 14.3. The molecule has 0 amide bonds. The molecular weight excluding hydrogens is 215 g/mol. The lowest BCUT2D eigenvalue weighted by molar-refractivity contribution is 0.366. The molecule has 0 aromatic carbocycles. The molecule has 0 aromatic heterocycles. The molecular formula is C17H33B. The summed E-state index contributed by atoms with van der Waals surface area (Å²) < 4.78 is 0. The topological polar surface area (TPSA) is 0 Å². The van der Waals surface area contributed by atoms with Gasteiger partial charge in [0.15, 0.2) is 0 Å². The van der Waals surface area contributed by atoms with Crippen LogP contribution in [0.2, 0.25) is 19.0 Å². The van der Waals surface area contributed by atoms with Gasteiger partial charge in [-0.1, -0.05) is 77.1 Å². The van der Waals surface area contributed by atoms with Crippen LogP contribution in [0.4, 0.5) is 0 Å². The van der Waals surface area contributed by atoms with E-state index in [2.05, 4.69) is 41.4 Å². The van der Waals surface area contributed by atoms with E-state index >= 15 is 0 Å². The summed E-state index contributed by atoms with van der Waals surface area (Å²) in [6.45, 7) is 15.3. The predicted molar refractivity (Wildman–Crippen MR) is 85.7 cm³/mol. The second-order valence-electron chi connectivity index (χ2n) is 7.30. The molecule has 1 rings (SSSR count). The molecule has 0 heterocycles. The first kappa shape index (κ1) is 15.9. The van der Waals surface area contributed by atoms with Crippen molar-refractivity contribution in [1.82, 2.24) is 0 Å². The van der Waals surface area contributed by atoms with E-state index in [4.69, 9.17) is 0 Å². The zero-order chi connectivity index (χ0) is 13.8. The Hall–Kier alpha value is -0.195. The average Bonchev–Trinajstić information content (AvgIpc) is 2.30. The number of rotatable bonds is 6. The van der Waals surface area contributed by atoms with Gasteiger partial charge in [-0.15, -0.1) is 0 Å². The highest BCUT2D eigenvalue weighted by Gasteiger charge is 2.30. The smallest absolute Gasteiger partial charge is 0.0856 e. The number of hydrogen-bond donors (Lipinski definition) is 0. The van der Waals surface area contributed by atoms with Crippen LogP contribution in [0.25, 0.3) is 0 Å². The summed E-state index contributed by atoms with van der Waals surface area (Å²) in [5.41, 5.74) is 3.94. The van der Waals surface area contributed by atoms with Gasteiger partial charge in [0.25, 0.3) is 0 Å². The molecule has 104 valence electrons. The third-order valence-corrected chi connectivity index (χ3v) is 5.20. The van der Waals surface area contributed by atoms with E-state index in [0.29, 0.717) is 5.41 Å². The number of hydrogen-bond acceptors (Lipinski definition) is 0. The Kier molecular flexibility index (Phi) is 6.01. The molecule has 0 saturated carbocycles. The summed E-state index contributed by atoms with van der Waals surface area (Å²) in [4.78, 5) is 0. The van der Waals surface area contributed by atoms with Gasteiger partial charge in [0.05, 0.1) is 0 Å². The van der Waals surface area contributed by atoms with E-state index in [-0.39, 0.29) is 0 Å². The Morgan fingerprint density at radius 2 is 2.00 bits per heavy atom. The van der Waals surface area contributed by atoms with Gasteiger partial charge in [-0.2, -0.15) is 0 Å². The third-order valence-electron chi connectivity index (χ3n) is 5.20. The van der Waals surface area contributed by atoms with Crippen LogP contribution in [0.3, 0.4) is 0 Å². The first-order valence-corrected chi connectivity index (χ1v) is 8.07. The molecule has 0 nitrogen and oxygen atoms in total. The summed E-state index contributed by atoms with van der Waals surface area (Å²) in [5, 5.41) is 0. The van der Waals surface area contributed by atoms with E-state index in [1.165, 1.54) is 44.8 Å². The average molecular weight is 248 g/mol. The van der Waals surface area contributed by atoms with Gasteiger partial charge in [0, 0.05) is 0 Å². The summed E-state index contributed by atoms with van der Waals surface area (Å²) >= 11 is 0. The Morgan fingerprint density at radius 3 is 2.56 bits per heavy atom. The van der Waals surface area contributed by atoms with Crippen LogP contribution in [0.1, 0.15) is 73.1 Å². The molecule has 0 N–H and O–H groups in total. The highest BCUT2D eigenvalue weighted by Crippen LogP contribution is 2.43. The van der Waals surface area contributed by atoms with Crippen molar-refractivity contribution in [3.05, 3.63) is 11.1 Å². The molecule has 1 aliphatic carbocycles. The Bertz CT molecular complexity index is 288. The fourth-order valence-corrected chi connectivity index (χ4v) is 3.46. The molecule has 1 unspecified atom stereocenters. The monoisotopic (exact) mass is 248 g/mol. The van der Waals surface area contributed by atoms with E-state index in [9.17, 15) is 0 Å². The predicted octanol–water partition coefficient (Wildman–Crippen LogP) is 6.22. The molecule has 1 heteroatoms. The van der Waals surface area contributed by atoms with Gasteiger partial charge < -0.3 is 0 Å². The molecule has 18 heavy (non-hydrogen) atoms. The van der Waals surface area contributed by atoms with Crippen molar-refractivity contribution in [1.29, 1.82) is 0 Å². The summed E-state index contributed by atoms with van der Waals surface area (Å²) in [7, 11) is 0. The van der Waals surface area contributed by atoms with Gasteiger partial charge >= 0.3 is 0 Å². The van der Waals surface area contributed by atoms with E-state index in [0.717, 1.165) is 12.5 Å². The van der Waals surface area contributed by atoms with Crippen LogP contribution in [0, 0.1) is 5.41 Å². The molecule has 1 atom stereocenters. The highest BCUT2D eigenvalue weighted by molar-refractivity contribution is 6.59. The maximum Gasteiger partial charge on any atom is 0.143 e. The Balaban J connectivity index is 2.64. The molecule has 0 radical (unpaired) electrons. The Labute approximate surface area is 116 Å².